The number of likely N-dealkylation sites (N-methyl/N-ethyl adjacent to an activating group) is 1. The third-order valence-corrected chi connectivity index (χ3v) is 4.68. The minimum absolute atomic E-state index is 0.158. The van der Waals surface area contributed by atoms with E-state index >= 15 is 0 Å². The molecule has 0 radical (unpaired) electrons. The molecule has 1 rings (SSSR count). The molecule has 1 aromatic rings. The Bertz CT molecular complexity index is 650. The van der Waals surface area contributed by atoms with Crippen molar-refractivity contribution in [2.75, 3.05) is 40.5 Å². The molecule has 0 unspecified atom stereocenters. The number of carbonyl (C=O) groups is 2. The Kier molecular flexibility index (Phi) is 9.63. The highest BCUT2D eigenvalue weighted by molar-refractivity contribution is 5.80. The average molecular weight is 408 g/mol. The van der Waals surface area contributed by atoms with Crippen LogP contribution in [0.2, 0.25) is 0 Å². The van der Waals surface area contributed by atoms with Gasteiger partial charge in [0.25, 0.3) is 0 Å². The van der Waals surface area contributed by atoms with E-state index in [2.05, 4.69) is 6.92 Å². The van der Waals surface area contributed by atoms with E-state index in [9.17, 15) is 9.59 Å². The van der Waals surface area contributed by atoms with Gasteiger partial charge in [-0.15, -0.1) is 0 Å². The standard InChI is InChI=1S/C23H37NO5/c1-8-18-9-11-19(12-10-18)27-15-16-29-21(26)23(4,5)17-22(2,3)20(25)28-14-13-24(6)7/h9-12H,8,13-17H2,1-7H3. The minimum atomic E-state index is -0.813. The van der Waals surface area contributed by atoms with Crippen molar-refractivity contribution < 1.29 is 23.8 Å². The summed E-state index contributed by atoms with van der Waals surface area (Å²) in [6.07, 6.45) is 1.31. The number of nitrogens with zero attached hydrogens (tertiary/aromatic N) is 1. The molecule has 0 fully saturated rings. The van der Waals surface area contributed by atoms with Crippen LogP contribution in [-0.2, 0) is 25.5 Å². The molecule has 0 N–H and O–H groups in total. The monoisotopic (exact) mass is 407 g/mol. The van der Waals surface area contributed by atoms with Gasteiger partial charge < -0.3 is 19.1 Å². The van der Waals surface area contributed by atoms with Crippen LogP contribution in [0.1, 0.15) is 46.6 Å². The highest BCUT2D eigenvalue weighted by Crippen LogP contribution is 2.35. The second-order valence-electron chi connectivity index (χ2n) is 8.87. The maximum atomic E-state index is 12.5. The highest BCUT2D eigenvalue weighted by atomic mass is 16.6. The van der Waals surface area contributed by atoms with E-state index in [1.54, 1.807) is 27.7 Å². The van der Waals surface area contributed by atoms with E-state index in [1.165, 1.54) is 5.56 Å². The summed E-state index contributed by atoms with van der Waals surface area (Å²) in [6, 6.07) is 7.86. The third kappa shape index (κ3) is 8.86. The first-order valence-electron chi connectivity index (χ1n) is 10.2. The van der Waals surface area contributed by atoms with E-state index in [4.69, 9.17) is 14.2 Å². The fourth-order valence-electron chi connectivity index (χ4n) is 3.08. The molecule has 6 nitrogen and oxygen atoms in total. The molecule has 0 heterocycles. The number of ether oxygens (including phenoxy) is 3. The topological polar surface area (TPSA) is 65.1 Å². The molecule has 164 valence electrons. The highest BCUT2D eigenvalue weighted by Gasteiger charge is 2.40. The summed E-state index contributed by atoms with van der Waals surface area (Å²) in [6.45, 7) is 10.7. The van der Waals surface area contributed by atoms with Gasteiger partial charge in [0.05, 0.1) is 10.8 Å². The number of esters is 2. The van der Waals surface area contributed by atoms with Gasteiger partial charge in [0.2, 0.25) is 0 Å². The van der Waals surface area contributed by atoms with Crippen molar-refractivity contribution in [2.24, 2.45) is 10.8 Å². The van der Waals surface area contributed by atoms with Crippen molar-refractivity contribution in [1.29, 1.82) is 0 Å². The molecule has 0 amide bonds. The summed E-state index contributed by atoms with van der Waals surface area (Å²) in [5, 5.41) is 0. The quantitative estimate of drug-likeness (QED) is 0.389. The van der Waals surface area contributed by atoms with Gasteiger partial charge in [-0.25, -0.2) is 0 Å². The Morgan fingerprint density at radius 2 is 1.38 bits per heavy atom. The Morgan fingerprint density at radius 3 is 1.86 bits per heavy atom. The Morgan fingerprint density at radius 1 is 0.862 bits per heavy atom. The Labute approximate surface area is 175 Å². The molecule has 1 aromatic carbocycles. The smallest absolute Gasteiger partial charge is 0.311 e. The molecule has 0 bridgehead atoms. The van der Waals surface area contributed by atoms with Gasteiger partial charge in [-0.2, -0.15) is 0 Å². The van der Waals surface area contributed by atoms with Gasteiger partial charge in [0.15, 0.2) is 0 Å². The van der Waals surface area contributed by atoms with Gasteiger partial charge >= 0.3 is 11.9 Å². The number of benzene rings is 1. The summed E-state index contributed by atoms with van der Waals surface area (Å²) < 4.78 is 16.4. The lowest BCUT2D eigenvalue weighted by Gasteiger charge is -2.31. The molecule has 0 atom stereocenters. The number of hydrogen-bond donors (Lipinski definition) is 0. The van der Waals surface area contributed by atoms with Gasteiger partial charge in [-0.3, -0.25) is 9.59 Å². The van der Waals surface area contributed by atoms with Gasteiger partial charge in [-0.1, -0.05) is 19.1 Å². The van der Waals surface area contributed by atoms with Crippen molar-refractivity contribution in [3.05, 3.63) is 29.8 Å². The lowest BCUT2D eigenvalue weighted by molar-refractivity contribution is -0.162. The summed E-state index contributed by atoms with van der Waals surface area (Å²) in [5.41, 5.74) is -0.354. The van der Waals surface area contributed by atoms with E-state index in [0.29, 0.717) is 19.6 Å². The van der Waals surface area contributed by atoms with E-state index < -0.39 is 10.8 Å². The molecule has 0 aliphatic rings. The second kappa shape index (κ2) is 11.2. The zero-order valence-electron chi connectivity index (χ0n) is 19.0. The Balaban J connectivity index is 2.44. The second-order valence-corrected chi connectivity index (χ2v) is 8.87. The van der Waals surface area contributed by atoms with Crippen LogP contribution in [0.25, 0.3) is 0 Å². The van der Waals surface area contributed by atoms with Crippen LogP contribution >= 0.6 is 0 Å². The molecular weight excluding hydrogens is 370 g/mol. The van der Waals surface area contributed by atoms with Gasteiger partial charge in [0.1, 0.15) is 25.6 Å². The number of hydrogen-bond acceptors (Lipinski definition) is 6. The van der Waals surface area contributed by atoms with Crippen molar-refractivity contribution in [3.63, 3.8) is 0 Å². The fraction of sp³-hybridized carbons (Fsp3) is 0.652. The predicted molar refractivity (Wildman–Crippen MR) is 114 cm³/mol. The zero-order valence-corrected chi connectivity index (χ0v) is 19.0. The van der Waals surface area contributed by atoms with Crippen LogP contribution in [0.5, 0.6) is 5.75 Å². The first kappa shape index (κ1) is 25.0. The molecular formula is C23H37NO5. The molecule has 29 heavy (non-hydrogen) atoms. The largest absolute Gasteiger partial charge is 0.490 e. The van der Waals surface area contributed by atoms with Crippen LogP contribution in [0, 0.1) is 10.8 Å². The first-order chi connectivity index (χ1) is 13.5. The first-order valence-corrected chi connectivity index (χ1v) is 10.2. The summed E-state index contributed by atoms with van der Waals surface area (Å²) in [5.74, 6) is 0.0924. The van der Waals surface area contributed by atoms with Crippen LogP contribution in [-0.4, -0.2) is 57.3 Å². The number of rotatable bonds is 12. The minimum Gasteiger partial charge on any atom is -0.490 e. The van der Waals surface area contributed by atoms with Crippen molar-refractivity contribution >= 4 is 11.9 Å². The maximum Gasteiger partial charge on any atom is 0.311 e. The van der Waals surface area contributed by atoms with Crippen LogP contribution in [0.4, 0.5) is 0 Å². The van der Waals surface area contributed by atoms with Crippen LogP contribution < -0.4 is 4.74 Å². The maximum absolute atomic E-state index is 12.5. The zero-order chi connectivity index (χ0) is 22.1. The molecule has 0 aromatic heterocycles. The van der Waals surface area contributed by atoms with Gasteiger partial charge in [0, 0.05) is 6.54 Å². The molecule has 0 aliphatic carbocycles. The molecule has 0 aliphatic heterocycles. The average Bonchev–Trinajstić information content (AvgIpc) is 2.64. The molecule has 0 saturated carbocycles. The van der Waals surface area contributed by atoms with Crippen LogP contribution in [0.15, 0.2) is 24.3 Å². The number of carbonyl (C=O) groups excluding carboxylic acids is 2. The van der Waals surface area contributed by atoms with Gasteiger partial charge in [-0.05, 0) is 72.3 Å². The molecule has 6 heteroatoms. The van der Waals surface area contributed by atoms with E-state index in [0.717, 1.165) is 12.2 Å². The fourth-order valence-corrected chi connectivity index (χ4v) is 3.08. The molecule has 0 spiro atoms. The summed E-state index contributed by atoms with van der Waals surface area (Å²) in [4.78, 5) is 26.9. The van der Waals surface area contributed by atoms with Crippen molar-refractivity contribution in [1.82, 2.24) is 4.90 Å². The normalized spacial score (nSPS) is 12.0. The summed E-state index contributed by atoms with van der Waals surface area (Å²) >= 11 is 0. The van der Waals surface area contributed by atoms with E-state index in [1.807, 2.05) is 43.3 Å². The summed E-state index contributed by atoms with van der Waals surface area (Å²) in [7, 11) is 3.84. The van der Waals surface area contributed by atoms with Crippen molar-refractivity contribution in [2.45, 2.75) is 47.5 Å². The van der Waals surface area contributed by atoms with Crippen LogP contribution in [0.3, 0.4) is 0 Å². The SMILES string of the molecule is CCc1ccc(OCCOC(=O)C(C)(C)CC(C)(C)C(=O)OCCN(C)C)cc1. The lowest BCUT2D eigenvalue weighted by atomic mass is 9.75. The van der Waals surface area contributed by atoms with Crippen molar-refractivity contribution in [3.8, 4) is 5.75 Å². The Hall–Kier alpha value is -2.08. The third-order valence-electron chi connectivity index (χ3n) is 4.68. The molecule has 0 saturated heterocycles. The predicted octanol–water partition coefficient (Wildman–Crippen LogP) is 3.72. The number of aryl methyl sites for hydroxylation is 1. The van der Waals surface area contributed by atoms with E-state index in [-0.39, 0.29) is 25.2 Å². The lowest BCUT2D eigenvalue weighted by Crippen LogP contribution is -2.38.